The molecule has 1 N–H and O–H groups in total. The lowest BCUT2D eigenvalue weighted by atomic mass is 10.1. The third-order valence-corrected chi connectivity index (χ3v) is 4.21. The summed E-state index contributed by atoms with van der Waals surface area (Å²) in [7, 11) is 0. The average Bonchev–Trinajstić information content (AvgIpc) is 2.63. The van der Waals surface area contributed by atoms with Crippen LogP contribution in [0.4, 0.5) is 11.4 Å². The van der Waals surface area contributed by atoms with Gasteiger partial charge in [-0.15, -0.1) is 0 Å². The van der Waals surface area contributed by atoms with Crippen molar-refractivity contribution in [1.29, 1.82) is 0 Å². The van der Waals surface area contributed by atoms with Crippen molar-refractivity contribution in [2.75, 3.05) is 12.1 Å². The molecule has 0 unspecified atom stereocenters. The SMILES string of the molecule is Cc1cccc(NC(=O)/C=C/c2cc([N+](=O)[O-])cc3c2OCOC3)c1C. The monoisotopic (exact) mass is 354 g/mol. The number of amides is 1. The molecule has 0 aromatic heterocycles. The first-order valence-electron chi connectivity index (χ1n) is 8.03. The van der Waals surface area contributed by atoms with Crippen molar-refractivity contribution in [2.45, 2.75) is 20.5 Å². The van der Waals surface area contributed by atoms with Crippen LogP contribution in [0.5, 0.6) is 5.75 Å². The van der Waals surface area contributed by atoms with E-state index < -0.39 is 4.92 Å². The Morgan fingerprint density at radius 2 is 2.12 bits per heavy atom. The number of nitro benzene ring substituents is 1. The maximum Gasteiger partial charge on any atom is 0.270 e. The van der Waals surface area contributed by atoms with Crippen LogP contribution in [0.2, 0.25) is 0 Å². The van der Waals surface area contributed by atoms with Crippen LogP contribution in [0.3, 0.4) is 0 Å². The van der Waals surface area contributed by atoms with Gasteiger partial charge < -0.3 is 14.8 Å². The van der Waals surface area contributed by atoms with E-state index >= 15 is 0 Å². The first-order valence-corrected chi connectivity index (χ1v) is 8.03. The van der Waals surface area contributed by atoms with Gasteiger partial charge in [0.05, 0.1) is 11.5 Å². The molecular formula is C19H18N2O5. The number of fused-ring (bicyclic) bond motifs is 1. The molecule has 134 valence electrons. The third kappa shape index (κ3) is 3.73. The summed E-state index contributed by atoms with van der Waals surface area (Å²) >= 11 is 0. The smallest absolute Gasteiger partial charge is 0.270 e. The Morgan fingerprint density at radius 3 is 2.88 bits per heavy atom. The zero-order chi connectivity index (χ0) is 18.7. The number of carbonyl (C=O) groups is 1. The van der Waals surface area contributed by atoms with Crippen LogP contribution in [-0.2, 0) is 16.1 Å². The number of anilines is 1. The molecule has 26 heavy (non-hydrogen) atoms. The van der Waals surface area contributed by atoms with Crippen LogP contribution in [0, 0.1) is 24.0 Å². The second kappa shape index (κ2) is 7.37. The molecular weight excluding hydrogens is 336 g/mol. The first kappa shape index (κ1) is 17.6. The lowest BCUT2D eigenvalue weighted by Gasteiger charge is -2.19. The van der Waals surface area contributed by atoms with Crippen molar-refractivity contribution < 1.29 is 19.2 Å². The molecule has 1 aliphatic rings. The maximum atomic E-state index is 12.2. The highest BCUT2D eigenvalue weighted by Gasteiger charge is 2.19. The van der Waals surface area contributed by atoms with Gasteiger partial charge >= 0.3 is 0 Å². The lowest BCUT2D eigenvalue weighted by Crippen LogP contribution is -2.13. The lowest BCUT2D eigenvalue weighted by molar-refractivity contribution is -0.385. The van der Waals surface area contributed by atoms with Gasteiger partial charge in [-0.25, -0.2) is 0 Å². The highest BCUT2D eigenvalue weighted by molar-refractivity contribution is 6.02. The van der Waals surface area contributed by atoms with Crippen LogP contribution in [-0.4, -0.2) is 17.6 Å². The maximum absolute atomic E-state index is 12.2. The van der Waals surface area contributed by atoms with Gasteiger partial charge in [0.2, 0.25) is 5.91 Å². The summed E-state index contributed by atoms with van der Waals surface area (Å²) in [4.78, 5) is 22.9. The van der Waals surface area contributed by atoms with E-state index in [9.17, 15) is 14.9 Å². The van der Waals surface area contributed by atoms with Crippen LogP contribution in [0.25, 0.3) is 6.08 Å². The number of non-ortho nitro benzene ring substituents is 1. The van der Waals surface area contributed by atoms with Gasteiger partial charge in [0, 0.05) is 35.0 Å². The topological polar surface area (TPSA) is 90.7 Å². The van der Waals surface area contributed by atoms with Gasteiger partial charge in [0.15, 0.2) is 6.79 Å². The second-order valence-corrected chi connectivity index (χ2v) is 5.96. The number of aryl methyl sites for hydroxylation is 1. The highest BCUT2D eigenvalue weighted by atomic mass is 16.7. The van der Waals surface area contributed by atoms with Crippen molar-refractivity contribution in [3.63, 3.8) is 0 Å². The minimum Gasteiger partial charge on any atom is -0.467 e. The summed E-state index contributed by atoms with van der Waals surface area (Å²) in [5.74, 6) is 0.170. The summed E-state index contributed by atoms with van der Waals surface area (Å²) in [6.07, 6.45) is 2.84. The summed E-state index contributed by atoms with van der Waals surface area (Å²) in [6, 6.07) is 8.46. The number of carbonyl (C=O) groups excluding carboxylic acids is 1. The van der Waals surface area contributed by atoms with Gasteiger partial charge in [-0.3, -0.25) is 14.9 Å². The van der Waals surface area contributed by atoms with E-state index in [0.717, 1.165) is 16.8 Å². The number of hydrogen-bond acceptors (Lipinski definition) is 5. The Kier molecular flexibility index (Phi) is 4.99. The molecule has 0 bridgehead atoms. The van der Waals surface area contributed by atoms with Crippen molar-refractivity contribution in [3.8, 4) is 5.75 Å². The standard InChI is InChI=1S/C19H18N2O5/c1-12-4-3-5-17(13(12)2)20-18(22)7-6-14-8-16(21(23)24)9-15-10-25-11-26-19(14)15/h3-9H,10-11H2,1-2H3,(H,20,22)/b7-6+. The van der Waals surface area contributed by atoms with E-state index in [1.807, 2.05) is 32.0 Å². The highest BCUT2D eigenvalue weighted by Crippen LogP contribution is 2.33. The normalized spacial score (nSPS) is 13.2. The second-order valence-electron chi connectivity index (χ2n) is 5.96. The molecule has 7 heteroatoms. The number of nitrogens with one attached hydrogen (secondary N) is 1. The van der Waals surface area contributed by atoms with E-state index in [2.05, 4.69) is 5.32 Å². The molecule has 1 aliphatic heterocycles. The van der Waals surface area contributed by atoms with E-state index in [1.54, 1.807) is 0 Å². The van der Waals surface area contributed by atoms with Crippen molar-refractivity contribution in [1.82, 2.24) is 0 Å². The van der Waals surface area contributed by atoms with Crippen LogP contribution >= 0.6 is 0 Å². The molecule has 2 aromatic rings. The quantitative estimate of drug-likeness (QED) is 0.513. The predicted octanol–water partition coefficient (Wildman–Crippen LogP) is 3.73. The minimum absolute atomic E-state index is 0.0698. The van der Waals surface area contributed by atoms with Gasteiger partial charge in [0.25, 0.3) is 5.69 Å². The van der Waals surface area contributed by atoms with Crippen molar-refractivity contribution in [2.24, 2.45) is 0 Å². The van der Waals surface area contributed by atoms with Crippen molar-refractivity contribution >= 4 is 23.4 Å². The van der Waals surface area contributed by atoms with Crippen molar-refractivity contribution in [3.05, 3.63) is 68.8 Å². The largest absolute Gasteiger partial charge is 0.467 e. The van der Waals surface area contributed by atoms with Gasteiger partial charge in [0.1, 0.15) is 5.75 Å². The Hall–Kier alpha value is -3.19. The zero-order valence-electron chi connectivity index (χ0n) is 14.4. The molecule has 0 radical (unpaired) electrons. The molecule has 1 amide bonds. The molecule has 1 heterocycles. The molecule has 0 spiro atoms. The Bertz CT molecular complexity index is 905. The van der Waals surface area contributed by atoms with E-state index in [0.29, 0.717) is 16.9 Å². The van der Waals surface area contributed by atoms with Crippen LogP contribution < -0.4 is 10.1 Å². The van der Waals surface area contributed by atoms with E-state index in [1.165, 1.54) is 24.3 Å². The minimum atomic E-state index is -0.484. The Labute approximate surface area is 150 Å². The number of benzene rings is 2. The summed E-state index contributed by atoms with van der Waals surface area (Å²) in [5.41, 5.74) is 3.77. The molecule has 0 fully saturated rings. The summed E-state index contributed by atoms with van der Waals surface area (Å²) < 4.78 is 10.6. The number of ether oxygens (including phenoxy) is 2. The molecule has 0 atom stereocenters. The molecule has 0 saturated carbocycles. The third-order valence-electron chi connectivity index (χ3n) is 4.21. The number of hydrogen-bond donors (Lipinski definition) is 1. The summed E-state index contributed by atoms with van der Waals surface area (Å²) in [6.45, 7) is 4.20. The summed E-state index contributed by atoms with van der Waals surface area (Å²) in [5, 5.41) is 13.9. The number of rotatable bonds is 4. The molecule has 0 aliphatic carbocycles. The predicted molar refractivity (Wildman–Crippen MR) is 97.0 cm³/mol. The molecule has 3 rings (SSSR count). The fourth-order valence-electron chi connectivity index (χ4n) is 2.69. The molecule has 0 saturated heterocycles. The van der Waals surface area contributed by atoms with Gasteiger partial charge in [-0.2, -0.15) is 0 Å². The Balaban J connectivity index is 1.85. The molecule has 2 aromatic carbocycles. The number of nitro groups is 1. The fourth-order valence-corrected chi connectivity index (χ4v) is 2.69. The average molecular weight is 354 g/mol. The van der Waals surface area contributed by atoms with E-state index in [4.69, 9.17) is 9.47 Å². The van der Waals surface area contributed by atoms with Crippen LogP contribution in [0.15, 0.2) is 36.4 Å². The van der Waals surface area contributed by atoms with Gasteiger partial charge in [-0.1, -0.05) is 12.1 Å². The zero-order valence-corrected chi connectivity index (χ0v) is 14.4. The van der Waals surface area contributed by atoms with E-state index in [-0.39, 0.29) is 25.0 Å². The first-order chi connectivity index (χ1) is 12.5. The van der Waals surface area contributed by atoms with Gasteiger partial charge in [-0.05, 0) is 37.1 Å². The number of nitrogens with zero attached hydrogens (tertiary/aromatic N) is 1. The fraction of sp³-hybridized carbons (Fsp3) is 0.211. The van der Waals surface area contributed by atoms with Crippen LogP contribution in [0.1, 0.15) is 22.3 Å². The Morgan fingerprint density at radius 1 is 1.31 bits per heavy atom. The molecule has 7 nitrogen and oxygen atoms in total.